The summed E-state index contributed by atoms with van der Waals surface area (Å²) in [4.78, 5) is 4.21. The average molecular weight is 343 g/mol. The lowest BCUT2D eigenvalue weighted by Crippen LogP contribution is -2.22. The number of hydrogen-bond acceptors (Lipinski definition) is 4. The Kier molecular flexibility index (Phi) is 5.70. The highest BCUT2D eigenvalue weighted by Crippen LogP contribution is 2.18. The molecule has 0 radical (unpaired) electrons. The minimum atomic E-state index is -3.70. The van der Waals surface area contributed by atoms with Crippen molar-refractivity contribution in [1.82, 2.24) is 0 Å². The van der Waals surface area contributed by atoms with E-state index >= 15 is 0 Å². The molecule has 0 heterocycles. The lowest BCUT2D eigenvalue weighted by atomic mass is 10.3. The molecule has 0 aliphatic heterocycles. The second kappa shape index (κ2) is 6.83. The molecule has 1 aromatic rings. The second-order valence-electron chi connectivity index (χ2n) is 4.10. The number of nitriles is 1. The molecule has 1 rings (SSSR count). The molecular weight excluding hydrogens is 328 g/mol. The zero-order valence-corrected chi connectivity index (χ0v) is 13.1. The molecule has 19 heavy (non-hydrogen) atoms. The van der Waals surface area contributed by atoms with Crippen molar-refractivity contribution in [2.45, 2.75) is 36.5 Å². The van der Waals surface area contributed by atoms with Crippen molar-refractivity contribution in [2.75, 3.05) is 0 Å². The van der Waals surface area contributed by atoms with Gasteiger partial charge in [0, 0.05) is 16.7 Å². The quantitative estimate of drug-likeness (QED) is 0.772. The fourth-order valence-electron chi connectivity index (χ4n) is 1.28. The SMILES string of the molecule is CC[C@@H](C)N=CC(C#N)S(=O)(=O)c1ccc(Br)cc1. The van der Waals surface area contributed by atoms with Gasteiger partial charge < -0.3 is 0 Å². The summed E-state index contributed by atoms with van der Waals surface area (Å²) >= 11 is 3.24. The fraction of sp³-hybridized carbons (Fsp3) is 0.385. The van der Waals surface area contributed by atoms with Gasteiger partial charge in [0.25, 0.3) is 0 Å². The van der Waals surface area contributed by atoms with Gasteiger partial charge in [0.1, 0.15) is 0 Å². The molecule has 1 unspecified atom stereocenters. The van der Waals surface area contributed by atoms with E-state index in [1.165, 1.54) is 18.3 Å². The summed E-state index contributed by atoms with van der Waals surface area (Å²) in [6.45, 7) is 3.82. The lowest BCUT2D eigenvalue weighted by Gasteiger charge is -2.07. The maximum atomic E-state index is 12.2. The van der Waals surface area contributed by atoms with Crippen LogP contribution < -0.4 is 0 Å². The lowest BCUT2D eigenvalue weighted by molar-refractivity contribution is 0.596. The third kappa shape index (κ3) is 4.15. The highest BCUT2D eigenvalue weighted by Gasteiger charge is 2.25. The molecule has 6 heteroatoms. The van der Waals surface area contributed by atoms with Crippen LogP contribution in [0.1, 0.15) is 20.3 Å². The van der Waals surface area contributed by atoms with Gasteiger partial charge in [-0.25, -0.2) is 8.42 Å². The number of hydrogen-bond donors (Lipinski definition) is 0. The van der Waals surface area contributed by atoms with Gasteiger partial charge in [-0.15, -0.1) is 0 Å². The van der Waals surface area contributed by atoms with Gasteiger partial charge in [-0.1, -0.05) is 22.9 Å². The van der Waals surface area contributed by atoms with Gasteiger partial charge in [-0.05, 0) is 37.6 Å². The van der Waals surface area contributed by atoms with Crippen LogP contribution in [0.4, 0.5) is 0 Å². The standard InChI is InChI=1S/C13H15BrN2O2S/c1-3-10(2)16-9-13(8-15)19(17,18)12-6-4-11(14)5-7-12/h4-7,9-10,13H,3H2,1-2H3/t10-,13?/m1/s1. The third-order valence-electron chi connectivity index (χ3n) is 2.67. The minimum Gasteiger partial charge on any atom is -0.292 e. The highest BCUT2D eigenvalue weighted by atomic mass is 79.9. The maximum Gasteiger partial charge on any atom is 0.199 e. The van der Waals surface area contributed by atoms with Crippen LogP contribution in [0.15, 0.2) is 38.6 Å². The Morgan fingerprint density at radius 2 is 2.00 bits per heavy atom. The van der Waals surface area contributed by atoms with E-state index in [0.717, 1.165) is 10.9 Å². The Morgan fingerprint density at radius 1 is 1.42 bits per heavy atom. The molecule has 0 aromatic heterocycles. The highest BCUT2D eigenvalue weighted by molar-refractivity contribution is 9.10. The van der Waals surface area contributed by atoms with Gasteiger partial charge in [0.05, 0.1) is 11.0 Å². The topological polar surface area (TPSA) is 70.3 Å². The van der Waals surface area contributed by atoms with Crippen LogP contribution in [-0.4, -0.2) is 25.9 Å². The predicted octanol–water partition coefficient (Wildman–Crippen LogP) is 2.98. The number of benzene rings is 1. The van der Waals surface area contributed by atoms with Crippen LogP contribution in [-0.2, 0) is 9.84 Å². The summed E-state index contributed by atoms with van der Waals surface area (Å²) in [5.74, 6) is 0. The van der Waals surface area contributed by atoms with Crippen LogP contribution in [0, 0.1) is 11.3 Å². The molecule has 0 spiro atoms. The molecule has 0 bridgehead atoms. The molecule has 0 saturated heterocycles. The van der Waals surface area contributed by atoms with E-state index < -0.39 is 15.1 Å². The van der Waals surface area contributed by atoms with E-state index in [1.54, 1.807) is 18.2 Å². The first-order valence-electron chi connectivity index (χ1n) is 5.84. The van der Waals surface area contributed by atoms with Crippen LogP contribution >= 0.6 is 15.9 Å². The molecule has 0 aliphatic carbocycles. The van der Waals surface area contributed by atoms with Gasteiger partial charge in [0.2, 0.25) is 0 Å². The Morgan fingerprint density at radius 3 is 2.47 bits per heavy atom. The Bertz CT molecular complexity index is 588. The summed E-state index contributed by atoms with van der Waals surface area (Å²) in [5.41, 5.74) is 0. The third-order valence-corrected chi connectivity index (χ3v) is 5.02. The van der Waals surface area contributed by atoms with Crippen LogP contribution in [0.25, 0.3) is 0 Å². The molecule has 0 amide bonds. The molecule has 0 saturated carbocycles. The van der Waals surface area contributed by atoms with Crippen molar-refractivity contribution in [1.29, 1.82) is 5.26 Å². The van der Waals surface area contributed by atoms with Gasteiger partial charge in [-0.3, -0.25) is 4.99 Å². The first kappa shape index (κ1) is 15.9. The monoisotopic (exact) mass is 342 g/mol. The minimum absolute atomic E-state index is 0.0102. The zero-order valence-electron chi connectivity index (χ0n) is 10.7. The second-order valence-corrected chi connectivity index (χ2v) is 7.09. The largest absolute Gasteiger partial charge is 0.292 e. The van der Waals surface area contributed by atoms with E-state index in [0.29, 0.717) is 0 Å². The van der Waals surface area contributed by atoms with Gasteiger partial charge >= 0.3 is 0 Å². The van der Waals surface area contributed by atoms with Crippen molar-refractivity contribution in [3.63, 3.8) is 0 Å². The molecule has 4 nitrogen and oxygen atoms in total. The van der Waals surface area contributed by atoms with Crippen LogP contribution in [0.5, 0.6) is 0 Å². The summed E-state index contributed by atoms with van der Waals surface area (Å²) in [6.07, 6.45) is 2.03. The number of halogens is 1. The van der Waals surface area contributed by atoms with E-state index in [9.17, 15) is 8.42 Å². The van der Waals surface area contributed by atoms with Crippen molar-refractivity contribution < 1.29 is 8.42 Å². The molecule has 0 aliphatic rings. The predicted molar refractivity (Wildman–Crippen MR) is 79.0 cm³/mol. The van der Waals surface area contributed by atoms with Crippen molar-refractivity contribution in [3.8, 4) is 6.07 Å². The molecular formula is C13H15BrN2O2S. The van der Waals surface area contributed by atoms with Gasteiger partial charge in [0.15, 0.2) is 15.1 Å². The van der Waals surface area contributed by atoms with E-state index in [-0.39, 0.29) is 10.9 Å². The Balaban J connectivity index is 3.07. The number of nitrogens with zero attached hydrogens (tertiary/aromatic N) is 2. The molecule has 2 atom stereocenters. The first-order chi connectivity index (χ1) is 8.91. The summed E-state index contributed by atoms with van der Waals surface area (Å²) in [7, 11) is -3.70. The average Bonchev–Trinajstić information content (AvgIpc) is 2.39. The maximum absolute atomic E-state index is 12.2. The van der Waals surface area contributed by atoms with Crippen molar-refractivity contribution in [2.24, 2.45) is 4.99 Å². The molecule has 102 valence electrons. The van der Waals surface area contributed by atoms with Crippen LogP contribution in [0.2, 0.25) is 0 Å². The number of aliphatic imine (C=N–C) groups is 1. The van der Waals surface area contributed by atoms with Crippen molar-refractivity contribution >= 4 is 32.0 Å². The van der Waals surface area contributed by atoms with Gasteiger partial charge in [-0.2, -0.15) is 5.26 Å². The Labute approximate surface area is 122 Å². The summed E-state index contributed by atoms with van der Waals surface area (Å²) < 4.78 is 25.3. The van der Waals surface area contributed by atoms with Crippen LogP contribution in [0.3, 0.4) is 0 Å². The van der Waals surface area contributed by atoms with E-state index in [4.69, 9.17) is 5.26 Å². The van der Waals surface area contributed by atoms with E-state index in [1.807, 2.05) is 13.8 Å². The number of sulfone groups is 1. The first-order valence-corrected chi connectivity index (χ1v) is 8.18. The molecule has 0 fully saturated rings. The zero-order chi connectivity index (χ0) is 14.5. The molecule has 0 N–H and O–H groups in total. The fourth-order valence-corrected chi connectivity index (χ4v) is 2.73. The number of rotatable bonds is 5. The van der Waals surface area contributed by atoms with Crippen molar-refractivity contribution in [3.05, 3.63) is 28.7 Å². The normalized spacial score (nSPS) is 15.1. The summed E-state index contributed by atoms with van der Waals surface area (Å²) in [5, 5.41) is 7.79. The van der Waals surface area contributed by atoms with E-state index in [2.05, 4.69) is 20.9 Å². The molecule has 1 aromatic carbocycles. The smallest absolute Gasteiger partial charge is 0.199 e. The summed E-state index contributed by atoms with van der Waals surface area (Å²) in [6, 6.07) is 8.01. The Hall–Kier alpha value is -1.19.